The lowest BCUT2D eigenvalue weighted by Crippen LogP contribution is -2.47. The highest BCUT2D eigenvalue weighted by Gasteiger charge is 2.26. The lowest BCUT2D eigenvalue weighted by Gasteiger charge is -2.38. The Morgan fingerprint density at radius 1 is 0.946 bits per heavy atom. The van der Waals surface area contributed by atoms with Gasteiger partial charge in [0.15, 0.2) is 0 Å². The number of nitrogens with one attached hydrogen (secondary N) is 1. The Morgan fingerprint density at radius 2 is 1.59 bits per heavy atom. The van der Waals surface area contributed by atoms with Crippen molar-refractivity contribution < 1.29 is 14.3 Å². The van der Waals surface area contributed by atoms with Crippen LogP contribution in [-0.2, 0) is 4.79 Å². The number of hydrogen-bond donors (Lipinski definition) is 1. The molecule has 1 atom stereocenters. The van der Waals surface area contributed by atoms with Gasteiger partial charge in [0.05, 0.1) is 18.4 Å². The van der Waals surface area contributed by atoms with Crippen LogP contribution in [0.3, 0.4) is 0 Å². The molecular weight excluding hydrogens is 464 g/mol. The van der Waals surface area contributed by atoms with Crippen molar-refractivity contribution in [3.05, 3.63) is 48.0 Å². The van der Waals surface area contributed by atoms with Gasteiger partial charge >= 0.3 is 0 Å². The van der Waals surface area contributed by atoms with Crippen molar-refractivity contribution in [2.24, 2.45) is 5.92 Å². The number of methoxy groups -OCH3 is 1. The van der Waals surface area contributed by atoms with Gasteiger partial charge in [-0.25, -0.2) is 0 Å². The molecule has 7 nitrogen and oxygen atoms in total. The summed E-state index contributed by atoms with van der Waals surface area (Å²) in [6.07, 6.45) is 3.81. The molecule has 0 radical (unpaired) electrons. The molecule has 0 saturated carbocycles. The van der Waals surface area contributed by atoms with E-state index in [0.29, 0.717) is 24.3 Å². The average molecular weight is 509 g/mol. The number of anilines is 3. The summed E-state index contributed by atoms with van der Waals surface area (Å²) in [6, 6.07) is 13.9. The minimum absolute atomic E-state index is 0.00119. The fourth-order valence-corrected chi connectivity index (χ4v) is 5.04. The molecule has 1 aliphatic rings. The molecule has 1 unspecified atom stereocenters. The second-order valence-corrected chi connectivity index (χ2v) is 9.59. The number of benzene rings is 2. The number of piperazine rings is 1. The molecule has 1 aliphatic heterocycles. The summed E-state index contributed by atoms with van der Waals surface area (Å²) in [5, 5.41) is 3.09. The number of amides is 2. The van der Waals surface area contributed by atoms with Crippen molar-refractivity contribution in [3.8, 4) is 5.75 Å². The zero-order chi connectivity index (χ0) is 26.8. The number of ether oxygens (including phenoxy) is 1. The Hall–Kier alpha value is -3.22. The number of para-hydroxylation sites is 2. The molecule has 37 heavy (non-hydrogen) atoms. The Balaban J connectivity index is 1.83. The lowest BCUT2D eigenvalue weighted by atomic mass is 9.98. The van der Waals surface area contributed by atoms with Crippen molar-refractivity contribution in [2.75, 3.05) is 61.5 Å². The molecule has 7 heteroatoms. The first-order valence-electron chi connectivity index (χ1n) is 13.8. The zero-order valence-electron chi connectivity index (χ0n) is 23.3. The maximum atomic E-state index is 13.6. The minimum atomic E-state index is -0.00962. The van der Waals surface area contributed by atoms with E-state index in [0.717, 1.165) is 69.0 Å². The van der Waals surface area contributed by atoms with E-state index in [4.69, 9.17) is 4.74 Å². The summed E-state index contributed by atoms with van der Waals surface area (Å²) in [4.78, 5) is 33.0. The first-order chi connectivity index (χ1) is 18.0. The number of unbranched alkanes of at least 4 members (excludes halogenated alkanes) is 1. The van der Waals surface area contributed by atoms with Crippen molar-refractivity contribution in [3.63, 3.8) is 0 Å². The molecule has 1 N–H and O–H groups in total. The van der Waals surface area contributed by atoms with Crippen LogP contribution in [0.4, 0.5) is 17.1 Å². The molecule has 3 rings (SSSR count). The second kappa shape index (κ2) is 13.9. The van der Waals surface area contributed by atoms with Crippen LogP contribution in [0.1, 0.15) is 63.7 Å². The highest BCUT2D eigenvalue weighted by atomic mass is 16.5. The van der Waals surface area contributed by atoms with E-state index >= 15 is 0 Å². The third-order valence-corrected chi connectivity index (χ3v) is 7.36. The van der Waals surface area contributed by atoms with E-state index in [1.54, 1.807) is 7.11 Å². The predicted octanol–water partition coefficient (Wildman–Crippen LogP) is 5.66. The van der Waals surface area contributed by atoms with E-state index in [9.17, 15) is 9.59 Å². The molecule has 2 aromatic carbocycles. The van der Waals surface area contributed by atoms with Crippen LogP contribution < -0.4 is 19.9 Å². The normalized spacial score (nSPS) is 14.3. The van der Waals surface area contributed by atoms with Crippen LogP contribution >= 0.6 is 0 Å². The number of hydrogen-bond acceptors (Lipinski definition) is 5. The largest absolute Gasteiger partial charge is 0.495 e. The Bertz CT molecular complexity index is 1030. The van der Waals surface area contributed by atoms with Gasteiger partial charge in [0, 0.05) is 56.6 Å². The standard InChI is InChI=1S/C30H44N4O3/c1-6-10-13-23(7-2)29(35)31-24-16-17-26(25(22-24)30(36)32(8-3)9-4)33-18-20-34(21-19-33)27-14-11-12-15-28(27)37-5/h11-12,14-17,22-23H,6-10,13,18-21H2,1-5H3,(H,31,35). The lowest BCUT2D eigenvalue weighted by molar-refractivity contribution is -0.120. The molecule has 1 heterocycles. The van der Waals surface area contributed by atoms with Gasteiger partial charge in [0.2, 0.25) is 5.91 Å². The summed E-state index contributed by atoms with van der Waals surface area (Å²) >= 11 is 0. The van der Waals surface area contributed by atoms with Crippen LogP contribution in [-0.4, -0.2) is 63.1 Å². The van der Waals surface area contributed by atoms with Gasteiger partial charge in [-0.05, 0) is 57.0 Å². The van der Waals surface area contributed by atoms with E-state index in [1.165, 1.54) is 0 Å². The SMILES string of the molecule is CCCCC(CC)C(=O)Nc1ccc(N2CCN(c3ccccc3OC)CC2)c(C(=O)N(CC)CC)c1. The Labute approximate surface area is 222 Å². The van der Waals surface area contributed by atoms with Crippen LogP contribution in [0.2, 0.25) is 0 Å². The number of rotatable bonds is 12. The van der Waals surface area contributed by atoms with E-state index in [-0.39, 0.29) is 17.7 Å². The summed E-state index contributed by atoms with van der Waals surface area (Å²) in [5.41, 5.74) is 3.35. The van der Waals surface area contributed by atoms with Crippen LogP contribution in [0.15, 0.2) is 42.5 Å². The molecule has 0 bridgehead atoms. The fourth-order valence-electron chi connectivity index (χ4n) is 5.04. The molecule has 2 aromatic rings. The van der Waals surface area contributed by atoms with Gasteiger partial charge in [-0.2, -0.15) is 0 Å². The molecular formula is C30H44N4O3. The zero-order valence-corrected chi connectivity index (χ0v) is 23.3. The van der Waals surface area contributed by atoms with Crippen LogP contribution in [0, 0.1) is 5.92 Å². The molecule has 202 valence electrons. The number of nitrogens with zero attached hydrogens (tertiary/aromatic N) is 3. The van der Waals surface area contributed by atoms with Crippen molar-refractivity contribution in [1.82, 2.24) is 4.90 Å². The van der Waals surface area contributed by atoms with Gasteiger partial charge in [0.25, 0.3) is 5.91 Å². The highest BCUT2D eigenvalue weighted by Crippen LogP contribution is 2.31. The van der Waals surface area contributed by atoms with E-state index in [1.807, 2.05) is 55.1 Å². The van der Waals surface area contributed by atoms with Crippen LogP contribution in [0.25, 0.3) is 0 Å². The predicted molar refractivity (Wildman–Crippen MR) is 153 cm³/mol. The third kappa shape index (κ3) is 6.96. The molecule has 0 spiro atoms. The summed E-state index contributed by atoms with van der Waals surface area (Å²) < 4.78 is 5.56. The van der Waals surface area contributed by atoms with Gasteiger partial charge in [-0.3, -0.25) is 9.59 Å². The van der Waals surface area contributed by atoms with E-state index < -0.39 is 0 Å². The van der Waals surface area contributed by atoms with Gasteiger partial charge < -0.3 is 24.8 Å². The van der Waals surface area contributed by atoms with E-state index in [2.05, 4.69) is 35.0 Å². The number of carbonyl (C=O) groups is 2. The smallest absolute Gasteiger partial charge is 0.256 e. The van der Waals surface area contributed by atoms with Crippen molar-refractivity contribution in [2.45, 2.75) is 53.4 Å². The van der Waals surface area contributed by atoms with Gasteiger partial charge in [-0.1, -0.05) is 38.8 Å². The quantitative estimate of drug-likeness (QED) is 0.401. The maximum Gasteiger partial charge on any atom is 0.256 e. The fraction of sp³-hybridized carbons (Fsp3) is 0.533. The molecule has 1 saturated heterocycles. The minimum Gasteiger partial charge on any atom is -0.495 e. The molecule has 2 amide bonds. The monoisotopic (exact) mass is 508 g/mol. The first kappa shape index (κ1) is 28.4. The van der Waals surface area contributed by atoms with Gasteiger partial charge in [0.1, 0.15) is 5.75 Å². The topological polar surface area (TPSA) is 65.1 Å². The van der Waals surface area contributed by atoms with Crippen molar-refractivity contribution >= 4 is 28.9 Å². The summed E-state index contributed by atoms with van der Waals surface area (Å²) in [7, 11) is 1.70. The molecule has 0 aromatic heterocycles. The Morgan fingerprint density at radius 3 is 2.19 bits per heavy atom. The highest BCUT2D eigenvalue weighted by molar-refractivity contribution is 6.02. The summed E-state index contributed by atoms with van der Waals surface area (Å²) in [5.74, 6) is 0.902. The summed E-state index contributed by atoms with van der Waals surface area (Å²) in [6.45, 7) is 12.7. The van der Waals surface area contributed by atoms with Gasteiger partial charge in [-0.15, -0.1) is 0 Å². The van der Waals surface area contributed by atoms with Crippen molar-refractivity contribution in [1.29, 1.82) is 0 Å². The second-order valence-electron chi connectivity index (χ2n) is 9.59. The molecule has 0 aliphatic carbocycles. The average Bonchev–Trinajstić information content (AvgIpc) is 2.94. The first-order valence-corrected chi connectivity index (χ1v) is 13.8. The molecule has 1 fully saturated rings. The van der Waals surface area contributed by atoms with Crippen LogP contribution in [0.5, 0.6) is 5.75 Å². The third-order valence-electron chi connectivity index (χ3n) is 7.36. The maximum absolute atomic E-state index is 13.6. The Kier molecular flexibility index (Phi) is 10.7. The number of carbonyl (C=O) groups excluding carboxylic acids is 2.